The number of ketones is 1. The summed E-state index contributed by atoms with van der Waals surface area (Å²) in [6, 6.07) is 13.5. The third kappa shape index (κ3) is 4.10. The molecule has 0 saturated heterocycles. The number of nitrogens with one attached hydrogen (secondary N) is 4. The Bertz CT molecular complexity index is 1180. The van der Waals surface area contributed by atoms with Crippen molar-refractivity contribution in [2.24, 2.45) is 0 Å². The molecule has 1 aromatic heterocycles. The van der Waals surface area contributed by atoms with Crippen LogP contribution in [-0.2, 0) is 11.0 Å². The lowest BCUT2D eigenvalue weighted by Gasteiger charge is -2.15. The Hall–Kier alpha value is -3.26. The predicted octanol–water partition coefficient (Wildman–Crippen LogP) is 5.22. The third-order valence-corrected chi connectivity index (χ3v) is 6.79. The Morgan fingerprint density at radius 1 is 1.09 bits per heavy atom. The second-order valence-corrected chi connectivity index (χ2v) is 9.87. The lowest BCUT2D eigenvalue weighted by molar-refractivity contribution is 0.101. The van der Waals surface area contributed by atoms with Gasteiger partial charge < -0.3 is 25.1 Å². The van der Waals surface area contributed by atoms with E-state index in [4.69, 9.17) is 4.74 Å². The average Bonchev–Trinajstić information content (AvgIpc) is 3.34. The van der Waals surface area contributed by atoms with Gasteiger partial charge in [0.15, 0.2) is 5.78 Å². The molecular formula is C24H28N4O3S. The molecule has 2 atom stereocenters. The first-order valence-electron chi connectivity index (χ1n) is 10.5. The smallest absolute Gasteiger partial charge is 0.162 e. The molecule has 4 rings (SSSR count). The van der Waals surface area contributed by atoms with Crippen LogP contribution in [0.25, 0.3) is 11.1 Å². The molecule has 2 unspecified atom stereocenters. The number of benzene rings is 2. The Morgan fingerprint density at radius 2 is 1.78 bits per heavy atom. The third-order valence-electron chi connectivity index (χ3n) is 5.50. The van der Waals surface area contributed by atoms with E-state index in [9.17, 15) is 9.00 Å². The van der Waals surface area contributed by atoms with Gasteiger partial charge in [0.25, 0.3) is 0 Å². The first-order valence-corrected chi connectivity index (χ1v) is 11.7. The van der Waals surface area contributed by atoms with E-state index in [-0.39, 0.29) is 17.2 Å². The van der Waals surface area contributed by atoms with Crippen molar-refractivity contribution in [2.75, 3.05) is 22.5 Å². The van der Waals surface area contributed by atoms with E-state index in [2.05, 4.69) is 20.3 Å². The van der Waals surface area contributed by atoms with Crippen molar-refractivity contribution >= 4 is 33.8 Å². The minimum atomic E-state index is -1.15. The van der Waals surface area contributed by atoms with Gasteiger partial charge in [0.05, 0.1) is 24.2 Å². The number of carbonyl (C=O) groups is 1. The molecule has 2 aromatic carbocycles. The van der Waals surface area contributed by atoms with Crippen LogP contribution in [-0.4, -0.2) is 27.3 Å². The maximum atomic E-state index is 12.5. The number of H-pyrrole nitrogens is 1. The van der Waals surface area contributed by atoms with Crippen molar-refractivity contribution in [1.29, 1.82) is 0 Å². The van der Waals surface area contributed by atoms with Gasteiger partial charge in [-0.2, -0.15) is 0 Å². The Morgan fingerprint density at radius 3 is 2.41 bits per heavy atom. The van der Waals surface area contributed by atoms with Crippen LogP contribution in [0, 0.1) is 6.92 Å². The van der Waals surface area contributed by atoms with E-state index in [0.29, 0.717) is 5.56 Å². The number of carbonyl (C=O) groups excluding carboxylic acids is 1. The summed E-state index contributed by atoms with van der Waals surface area (Å²) in [5.41, 5.74) is 6.82. The summed E-state index contributed by atoms with van der Waals surface area (Å²) in [7, 11) is 0.478. The molecule has 32 heavy (non-hydrogen) atoms. The van der Waals surface area contributed by atoms with E-state index in [1.165, 1.54) is 0 Å². The summed E-state index contributed by atoms with van der Waals surface area (Å²) in [6.45, 7) is 7.32. The molecule has 0 fully saturated rings. The number of aryl methyl sites for hydroxylation is 1. The molecule has 0 amide bonds. The summed E-state index contributed by atoms with van der Waals surface area (Å²) >= 11 is 0. The lowest BCUT2D eigenvalue weighted by atomic mass is 9.97. The van der Waals surface area contributed by atoms with Gasteiger partial charge in [-0.25, -0.2) is 4.21 Å². The van der Waals surface area contributed by atoms with E-state index >= 15 is 0 Å². The van der Waals surface area contributed by atoms with Crippen molar-refractivity contribution in [3.63, 3.8) is 0 Å². The molecule has 4 N–H and O–H groups in total. The molecule has 8 heteroatoms. The molecule has 0 saturated carbocycles. The van der Waals surface area contributed by atoms with Crippen molar-refractivity contribution in [3.8, 4) is 16.9 Å². The number of ether oxygens (including phenoxy) is 1. The maximum Gasteiger partial charge on any atom is 0.162 e. The molecule has 2 heterocycles. The van der Waals surface area contributed by atoms with Crippen molar-refractivity contribution in [1.82, 2.24) is 4.98 Å². The zero-order valence-corrected chi connectivity index (χ0v) is 19.6. The summed E-state index contributed by atoms with van der Waals surface area (Å²) in [5, 5.41) is 6.99. The topological polar surface area (TPSA) is 95.2 Å². The molecule has 0 spiro atoms. The van der Waals surface area contributed by atoms with Crippen LogP contribution < -0.4 is 20.1 Å². The molecule has 1 aliphatic rings. The second kappa shape index (κ2) is 8.70. The number of hydrogen-bond donors (Lipinski definition) is 4. The number of anilines is 3. The molecule has 1 aliphatic heterocycles. The minimum Gasteiger partial charge on any atom is -0.497 e. The number of methoxy groups -OCH3 is 1. The molecule has 168 valence electrons. The highest BCUT2D eigenvalue weighted by atomic mass is 32.2. The molecule has 0 radical (unpaired) electrons. The van der Waals surface area contributed by atoms with Crippen LogP contribution in [0.5, 0.6) is 5.75 Å². The van der Waals surface area contributed by atoms with Crippen LogP contribution in [0.15, 0.2) is 42.5 Å². The Kier molecular flexibility index (Phi) is 5.97. The number of hydrogen-bond acceptors (Lipinski definition) is 5. The first-order chi connectivity index (χ1) is 15.3. The summed E-state index contributed by atoms with van der Waals surface area (Å²) in [4.78, 5) is 15.9. The average molecular weight is 453 g/mol. The van der Waals surface area contributed by atoms with Crippen molar-refractivity contribution in [3.05, 3.63) is 59.4 Å². The largest absolute Gasteiger partial charge is 0.497 e. The van der Waals surface area contributed by atoms with E-state index in [1.54, 1.807) is 14.0 Å². The Labute approximate surface area is 190 Å². The molecule has 3 aromatic rings. The first kappa shape index (κ1) is 22.0. The van der Waals surface area contributed by atoms with Gasteiger partial charge in [0, 0.05) is 27.8 Å². The molecular weight excluding hydrogens is 424 g/mol. The van der Waals surface area contributed by atoms with Gasteiger partial charge in [-0.15, -0.1) is 0 Å². The fourth-order valence-corrected chi connectivity index (χ4v) is 4.54. The zero-order chi connectivity index (χ0) is 23.0. The highest BCUT2D eigenvalue weighted by Crippen LogP contribution is 2.42. The van der Waals surface area contributed by atoms with Crippen molar-refractivity contribution < 1.29 is 13.7 Å². The summed E-state index contributed by atoms with van der Waals surface area (Å²) in [6.07, 6.45) is -0.250. The Balaban J connectivity index is 1.69. The number of fused-ring (bicyclic) bond motifs is 1. The van der Waals surface area contributed by atoms with Gasteiger partial charge in [0.1, 0.15) is 22.9 Å². The van der Waals surface area contributed by atoms with E-state index in [0.717, 1.165) is 45.3 Å². The highest BCUT2D eigenvalue weighted by Gasteiger charge is 2.29. The molecule has 0 bridgehead atoms. The molecule has 0 aliphatic carbocycles. The van der Waals surface area contributed by atoms with Crippen LogP contribution in [0.2, 0.25) is 0 Å². The fraction of sp³-hybridized carbons (Fsp3) is 0.292. The standard InChI is InChI=1S/C24H28N4O3S/c1-13(2)32(30)28-17-8-11-19-20(12-17)27-24(26-19)23-22(21(15(4)29)14(3)25-23)16-6-9-18(31-5)10-7-16/h6-13,24-28H,1-5H3. The number of aromatic nitrogens is 1. The van der Waals surface area contributed by atoms with Crippen LogP contribution in [0.4, 0.5) is 17.1 Å². The number of aromatic amines is 1. The zero-order valence-electron chi connectivity index (χ0n) is 18.8. The summed E-state index contributed by atoms with van der Waals surface area (Å²) in [5.74, 6) is 0.768. The number of Topliss-reactive ketones (excluding diaryl/α,β-unsaturated/α-hetero) is 1. The minimum absolute atomic E-state index is 0.00831. The fourth-order valence-electron chi connectivity index (χ4n) is 3.94. The van der Waals surface area contributed by atoms with Gasteiger partial charge in [-0.3, -0.25) is 4.79 Å². The SMILES string of the molecule is COc1ccc(-c2c(C3Nc4ccc(NS(=O)C(C)C)cc4N3)[nH]c(C)c2C(C)=O)cc1. The van der Waals surface area contributed by atoms with Gasteiger partial charge in [-0.05, 0) is 63.6 Å². The van der Waals surface area contributed by atoms with E-state index in [1.807, 2.05) is 63.2 Å². The van der Waals surface area contributed by atoms with Crippen molar-refractivity contribution in [2.45, 2.75) is 39.1 Å². The number of rotatable bonds is 7. The van der Waals surface area contributed by atoms with Crippen LogP contribution in [0.1, 0.15) is 48.7 Å². The van der Waals surface area contributed by atoms with Gasteiger partial charge >= 0.3 is 0 Å². The quantitative estimate of drug-likeness (QED) is 0.369. The predicted molar refractivity (Wildman–Crippen MR) is 131 cm³/mol. The van der Waals surface area contributed by atoms with Gasteiger partial charge in [-0.1, -0.05) is 12.1 Å². The van der Waals surface area contributed by atoms with E-state index < -0.39 is 11.0 Å². The monoisotopic (exact) mass is 452 g/mol. The maximum absolute atomic E-state index is 12.5. The normalized spacial score (nSPS) is 15.6. The van der Waals surface area contributed by atoms with Crippen LogP contribution >= 0.6 is 0 Å². The highest BCUT2D eigenvalue weighted by molar-refractivity contribution is 7.86. The van der Waals surface area contributed by atoms with Gasteiger partial charge in [0.2, 0.25) is 0 Å². The second-order valence-electron chi connectivity index (χ2n) is 8.13. The lowest BCUT2D eigenvalue weighted by Crippen LogP contribution is -2.14. The van der Waals surface area contributed by atoms with Crippen LogP contribution in [0.3, 0.4) is 0 Å². The summed E-state index contributed by atoms with van der Waals surface area (Å²) < 4.78 is 20.5. The molecule has 7 nitrogen and oxygen atoms in total.